The molecule has 2 unspecified atom stereocenters. The van der Waals surface area contributed by atoms with Gasteiger partial charge >= 0.3 is 6.16 Å². The SMILES string of the molecule is CCCCCCCCCCCCCCCCCCC(COC(=O)OCC)COP(=O)([O-])OCC[N+](C)(C)C. The van der Waals surface area contributed by atoms with Crippen LogP contribution in [0.2, 0.25) is 0 Å². The fourth-order valence-corrected chi connectivity index (χ4v) is 4.97. The van der Waals surface area contributed by atoms with Crippen LogP contribution >= 0.6 is 7.82 Å². The third kappa shape index (κ3) is 26.9. The van der Waals surface area contributed by atoms with Crippen LogP contribution in [-0.4, -0.2) is 64.8 Å². The Bertz CT molecular complexity index is 598. The normalized spacial score (nSPS) is 14.3. The number of phosphoric acid groups is 1. The summed E-state index contributed by atoms with van der Waals surface area (Å²) in [6.45, 7) is 4.81. The van der Waals surface area contributed by atoms with Gasteiger partial charge in [-0.3, -0.25) is 4.57 Å². The van der Waals surface area contributed by atoms with Crippen molar-refractivity contribution in [2.45, 2.75) is 123 Å². The predicted octanol–water partition coefficient (Wildman–Crippen LogP) is 7.64. The quantitative estimate of drug-likeness (QED) is 0.0437. The van der Waals surface area contributed by atoms with E-state index in [0.717, 1.165) is 25.7 Å². The summed E-state index contributed by atoms with van der Waals surface area (Å²) in [7, 11) is 1.48. The number of hydrogen-bond acceptors (Lipinski definition) is 7. The zero-order valence-electron chi connectivity index (χ0n) is 25.4. The van der Waals surface area contributed by atoms with Crippen molar-refractivity contribution in [3.63, 3.8) is 0 Å². The van der Waals surface area contributed by atoms with Gasteiger partial charge in [0.05, 0.1) is 41.0 Å². The number of carbonyl (C=O) groups is 1. The van der Waals surface area contributed by atoms with Crippen molar-refractivity contribution >= 4 is 14.0 Å². The molecule has 0 aromatic carbocycles. The summed E-state index contributed by atoms with van der Waals surface area (Å²) in [6, 6.07) is 0. The van der Waals surface area contributed by atoms with Gasteiger partial charge in [0.2, 0.25) is 0 Å². The minimum atomic E-state index is -4.40. The van der Waals surface area contributed by atoms with Gasteiger partial charge in [-0.2, -0.15) is 0 Å². The van der Waals surface area contributed by atoms with Gasteiger partial charge in [-0.15, -0.1) is 0 Å². The van der Waals surface area contributed by atoms with Crippen LogP contribution in [0.25, 0.3) is 0 Å². The molecule has 0 radical (unpaired) electrons. The van der Waals surface area contributed by atoms with Crippen LogP contribution in [0.1, 0.15) is 123 Å². The smallest absolute Gasteiger partial charge is 0.508 e. The van der Waals surface area contributed by atoms with E-state index in [-0.39, 0.29) is 32.3 Å². The first-order valence-corrected chi connectivity index (χ1v) is 16.8. The number of rotatable bonds is 27. The van der Waals surface area contributed by atoms with Gasteiger partial charge in [-0.05, 0) is 13.3 Å². The third-order valence-electron chi connectivity index (χ3n) is 6.64. The fourth-order valence-electron chi connectivity index (χ4n) is 4.20. The van der Waals surface area contributed by atoms with Gasteiger partial charge in [-0.1, -0.05) is 110 Å². The van der Waals surface area contributed by atoms with E-state index < -0.39 is 14.0 Å². The molecule has 0 bridgehead atoms. The highest BCUT2D eigenvalue weighted by Gasteiger charge is 2.18. The van der Waals surface area contributed by atoms with Crippen molar-refractivity contribution in [2.24, 2.45) is 5.92 Å². The first kappa shape index (κ1) is 37.3. The Labute approximate surface area is 234 Å². The Morgan fingerprint density at radius 1 is 0.711 bits per heavy atom. The van der Waals surface area contributed by atoms with Gasteiger partial charge in [0.1, 0.15) is 13.2 Å². The highest BCUT2D eigenvalue weighted by Crippen LogP contribution is 2.39. The highest BCUT2D eigenvalue weighted by molar-refractivity contribution is 7.45. The summed E-state index contributed by atoms with van der Waals surface area (Å²) in [4.78, 5) is 23.7. The lowest BCUT2D eigenvalue weighted by molar-refractivity contribution is -0.870. The zero-order chi connectivity index (χ0) is 28.5. The standard InChI is InChI=1S/C29H60NO7P/c1-6-8-9-10-11-12-13-14-15-16-17-18-19-20-21-22-23-28(26-35-29(31)34-7-2)27-37-38(32,33)36-25-24-30(3,4)5/h28H,6-27H2,1-5H3. The van der Waals surface area contributed by atoms with Crippen LogP contribution < -0.4 is 4.89 Å². The topological polar surface area (TPSA) is 94.1 Å². The second kappa shape index (κ2) is 24.2. The van der Waals surface area contributed by atoms with E-state index in [9.17, 15) is 14.3 Å². The molecule has 8 nitrogen and oxygen atoms in total. The second-order valence-electron chi connectivity index (χ2n) is 11.5. The van der Waals surface area contributed by atoms with Gasteiger partial charge in [0.25, 0.3) is 7.82 Å². The number of nitrogens with zero attached hydrogens (tertiary/aromatic N) is 1. The molecule has 38 heavy (non-hydrogen) atoms. The van der Waals surface area contributed by atoms with Gasteiger partial charge < -0.3 is 27.9 Å². The van der Waals surface area contributed by atoms with Crippen molar-refractivity contribution in [1.29, 1.82) is 0 Å². The molecule has 0 heterocycles. The minimum Gasteiger partial charge on any atom is -0.756 e. The average molecular weight is 566 g/mol. The lowest BCUT2D eigenvalue weighted by atomic mass is 10.0. The maximum atomic E-state index is 12.1. The molecule has 0 aromatic heterocycles. The number of likely N-dealkylation sites (N-methyl/N-ethyl adjacent to an activating group) is 1. The molecule has 0 spiro atoms. The molecule has 0 saturated carbocycles. The van der Waals surface area contributed by atoms with E-state index in [4.69, 9.17) is 18.5 Å². The number of phosphoric ester groups is 1. The third-order valence-corrected chi connectivity index (χ3v) is 7.61. The molecule has 2 atom stereocenters. The summed E-state index contributed by atoms with van der Waals surface area (Å²) >= 11 is 0. The molecule has 0 fully saturated rings. The van der Waals surface area contributed by atoms with Gasteiger partial charge in [0.15, 0.2) is 0 Å². The van der Waals surface area contributed by atoms with Crippen molar-refractivity contribution in [3.05, 3.63) is 0 Å². The number of carbonyl (C=O) groups excluding carboxylic acids is 1. The van der Waals surface area contributed by atoms with Gasteiger partial charge in [0, 0.05) is 5.92 Å². The first-order chi connectivity index (χ1) is 18.1. The van der Waals surface area contributed by atoms with E-state index >= 15 is 0 Å². The molecular weight excluding hydrogens is 505 g/mol. The Balaban J connectivity index is 4.01. The maximum absolute atomic E-state index is 12.1. The number of quaternary nitrogens is 1. The lowest BCUT2D eigenvalue weighted by Crippen LogP contribution is -2.37. The van der Waals surface area contributed by atoms with Crippen molar-refractivity contribution in [1.82, 2.24) is 0 Å². The Morgan fingerprint density at radius 3 is 1.63 bits per heavy atom. The zero-order valence-corrected chi connectivity index (χ0v) is 26.3. The Hall–Kier alpha value is -0.660. The number of hydrogen-bond donors (Lipinski definition) is 0. The molecule has 0 saturated heterocycles. The first-order valence-electron chi connectivity index (χ1n) is 15.3. The van der Waals surface area contributed by atoms with Crippen LogP contribution in [0.4, 0.5) is 4.79 Å². The van der Waals surface area contributed by atoms with E-state index in [1.165, 1.54) is 83.5 Å². The second-order valence-corrected chi connectivity index (χ2v) is 13.0. The predicted molar refractivity (Wildman–Crippen MR) is 153 cm³/mol. The highest BCUT2D eigenvalue weighted by atomic mass is 31.2. The molecule has 228 valence electrons. The summed E-state index contributed by atoms with van der Waals surface area (Å²) in [5.74, 6) is -0.227. The van der Waals surface area contributed by atoms with E-state index in [1.54, 1.807) is 6.92 Å². The van der Waals surface area contributed by atoms with Crippen molar-refractivity contribution in [3.8, 4) is 0 Å². The Kier molecular flexibility index (Phi) is 23.7. The Morgan fingerprint density at radius 2 is 1.18 bits per heavy atom. The molecular formula is C29H60NO7P. The van der Waals surface area contributed by atoms with E-state index in [0.29, 0.717) is 11.0 Å². The summed E-state index contributed by atoms with van der Waals surface area (Å²) < 4.78 is 32.8. The van der Waals surface area contributed by atoms with Crippen molar-refractivity contribution < 1.29 is 37.3 Å². The molecule has 0 aliphatic rings. The summed E-state index contributed by atoms with van der Waals surface area (Å²) in [5.41, 5.74) is 0. The van der Waals surface area contributed by atoms with Gasteiger partial charge in [-0.25, -0.2) is 4.79 Å². The molecule has 9 heteroatoms. The van der Waals surface area contributed by atoms with Crippen LogP contribution in [0.5, 0.6) is 0 Å². The van der Waals surface area contributed by atoms with Crippen LogP contribution in [0, 0.1) is 5.92 Å². The lowest BCUT2D eigenvalue weighted by Gasteiger charge is -2.28. The molecule has 0 rings (SSSR count). The monoisotopic (exact) mass is 565 g/mol. The average Bonchev–Trinajstić information content (AvgIpc) is 2.84. The van der Waals surface area contributed by atoms with E-state index in [1.807, 2.05) is 21.1 Å². The largest absolute Gasteiger partial charge is 0.756 e. The van der Waals surface area contributed by atoms with Crippen LogP contribution in [0.3, 0.4) is 0 Å². The number of ether oxygens (including phenoxy) is 2. The maximum Gasteiger partial charge on any atom is 0.508 e. The molecule has 0 aromatic rings. The summed E-state index contributed by atoms with van der Waals surface area (Å²) in [5, 5.41) is 0. The summed E-state index contributed by atoms with van der Waals surface area (Å²) in [6.07, 6.45) is 20.8. The van der Waals surface area contributed by atoms with Crippen molar-refractivity contribution in [2.75, 3.05) is 54.1 Å². The molecule has 0 aliphatic heterocycles. The molecule has 0 aliphatic carbocycles. The fraction of sp³-hybridized carbons (Fsp3) is 0.966. The molecule has 0 N–H and O–H groups in total. The molecule has 0 amide bonds. The number of unbranched alkanes of at least 4 members (excludes halogenated alkanes) is 15. The van der Waals surface area contributed by atoms with E-state index in [2.05, 4.69) is 6.92 Å². The van der Waals surface area contributed by atoms with Crippen LogP contribution in [-0.2, 0) is 23.1 Å². The van der Waals surface area contributed by atoms with Crippen LogP contribution in [0.15, 0.2) is 0 Å². The minimum absolute atomic E-state index is 0.0629.